The number of hydrogen-bond acceptors (Lipinski definition) is 3. The van der Waals surface area contributed by atoms with Gasteiger partial charge < -0.3 is 5.32 Å². The molecule has 1 heterocycles. The second-order valence-corrected chi connectivity index (χ2v) is 8.10. The Balaban J connectivity index is 1.72. The first-order valence-electron chi connectivity index (χ1n) is 8.04. The van der Waals surface area contributed by atoms with Gasteiger partial charge in [0.2, 0.25) is 10.0 Å². The second-order valence-electron chi connectivity index (χ2n) is 6.17. The lowest BCUT2D eigenvalue weighted by molar-refractivity contribution is 0.327. The average Bonchev–Trinajstić information content (AvgIpc) is 2.58. The van der Waals surface area contributed by atoms with E-state index in [2.05, 4.69) is 5.32 Å². The van der Waals surface area contributed by atoms with Crippen LogP contribution < -0.4 is 5.32 Å². The van der Waals surface area contributed by atoms with Crippen LogP contribution >= 0.6 is 0 Å². The summed E-state index contributed by atoms with van der Waals surface area (Å²) in [6.07, 6.45) is 1.68. The van der Waals surface area contributed by atoms with Crippen molar-refractivity contribution in [2.75, 3.05) is 18.4 Å². The number of aryl methyl sites for hydroxylation is 1. The fraction of sp³-hybridized carbons (Fsp3) is 0.333. The van der Waals surface area contributed by atoms with Gasteiger partial charge in [-0.15, -0.1) is 0 Å². The summed E-state index contributed by atoms with van der Waals surface area (Å²) in [6.45, 7) is 2.87. The van der Waals surface area contributed by atoms with E-state index in [1.54, 1.807) is 24.3 Å². The highest BCUT2D eigenvalue weighted by molar-refractivity contribution is 7.89. The molecule has 1 unspecified atom stereocenters. The Hall–Kier alpha value is -1.92. The molecule has 4 nitrogen and oxygen atoms in total. The molecule has 1 N–H and O–H groups in total. The summed E-state index contributed by atoms with van der Waals surface area (Å²) in [4.78, 5) is 0.329. The maximum Gasteiger partial charge on any atom is 0.243 e. The van der Waals surface area contributed by atoms with Crippen molar-refractivity contribution in [3.05, 3.63) is 59.9 Å². The van der Waals surface area contributed by atoms with E-state index in [-0.39, 0.29) is 11.9 Å². The SMILES string of the molecule is Cc1ccc(S(=O)(=O)N2CCCC(Nc3ccc(F)cc3)C2)cc1. The number of sulfonamides is 1. The van der Waals surface area contributed by atoms with Gasteiger partial charge in [0.05, 0.1) is 4.90 Å². The van der Waals surface area contributed by atoms with Crippen molar-refractivity contribution in [1.82, 2.24) is 4.31 Å². The van der Waals surface area contributed by atoms with Crippen LogP contribution in [0.1, 0.15) is 18.4 Å². The van der Waals surface area contributed by atoms with Crippen molar-refractivity contribution in [3.63, 3.8) is 0 Å². The normalized spacial score (nSPS) is 19.2. The minimum Gasteiger partial charge on any atom is -0.381 e. The van der Waals surface area contributed by atoms with E-state index in [0.29, 0.717) is 18.0 Å². The summed E-state index contributed by atoms with van der Waals surface area (Å²) < 4.78 is 40.1. The van der Waals surface area contributed by atoms with Gasteiger partial charge in [0.15, 0.2) is 0 Å². The van der Waals surface area contributed by atoms with Crippen molar-refractivity contribution in [2.45, 2.75) is 30.7 Å². The fourth-order valence-corrected chi connectivity index (χ4v) is 4.44. The molecule has 1 saturated heterocycles. The zero-order chi connectivity index (χ0) is 17.2. The number of benzene rings is 2. The van der Waals surface area contributed by atoms with Crippen LogP contribution in [0.15, 0.2) is 53.4 Å². The van der Waals surface area contributed by atoms with Gasteiger partial charge in [-0.3, -0.25) is 0 Å². The number of nitrogens with zero attached hydrogens (tertiary/aromatic N) is 1. The van der Waals surface area contributed by atoms with E-state index in [1.807, 2.05) is 19.1 Å². The van der Waals surface area contributed by atoms with Gasteiger partial charge in [0.1, 0.15) is 5.82 Å². The molecule has 1 aliphatic heterocycles. The molecular formula is C18H21FN2O2S. The molecule has 0 spiro atoms. The molecule has 0 amide bonds. The Labute approximate surface area is 142 Å². The van der Waals surface area contributed by atoms with Gasteiger partial charge in [-0.2, -0.15) is 4.31 Å². The zero-order valence-corrected chi connectivity index (χ0v) is 14.4. The lowest BCUT2D eigenvalue weighted by atomic mass is 10.1. The monoisotopic (exact) mass is 348 g/mol. The smallest absolute Gasteiger partial charge is 0.243 e. The van der Waals surface area contributed by atoms with Crippen molar-refractivity contribution < 1.29 is 12.8 Å². The van der Waals surface area contributed by atoms with E-state index >= 15 is 0 Å². The van der Waals surface area contributed by atoms with Crippen LogP contribution in [-0.4, -0.2) is 31.9 Å². The van der Waals surface area contributed by atoms with Crippen LogP contribution in [0, 0.1) is 12.7 Å². The molecular weight excluding hydrogens is 327 g/mol. The minimum atomic E-state index is -3.48. The highest BCUT2D eigenvalue weighted by Crippen LogP contribution is 2.23. The molecule has 1 fully saturated rings. The Kier molecular flexibility index (Phi) is 4.87. The summed E-state index contributed by atoms with van der Waals surface area (Å²) in [5, 5.41) is 3.30. The first kappa shape index (κ1) is 16.9. The Morgan fingerprint density at radius 2 is 1.75 bits per heavy atom. The van der Waals surface area contributed by atoms with Crippen molar-refractivity contribution >= 4 is 15.7 Å². The van der Waals surface area contributed by atoms with Crippen molar-refractivity contribution in [1.29, 1.82) is 0 Å². The summed E-state index contributed by atoms with van der Waals surface area (Å²) in [7, 11) is -3.48. The van der Waals surface area contributed by atoms with Gasteiger partial charge in [-0.1, -0.05) is 17.7 Å². The molecule has 6 heteroatoms. The molecule has 2 aromatic rings. The third kappa shape index (κ3) is 3.76. The number of nitrogens with one attached hydrogen (secondary N) is 1. The standard InChI is InChI=1S/C18H21FN2O2S/c1-14-4-10-18(11-5-14)24(22,23)21-12-2-3-17(13-21)20-16-8-6-15(19)7-9-16/h4-11,17,20H,2-3,12-13H2,1H3. The van der Waals surface area contributed by atoms with Crippen molar-refractivity contribution in [3.8, 4) is 0 Å². The molecule has 128 valence electrons. The molecule has 0 radical (unpaired) electrons. The van der Waals surface area contributed by atoms with Crippen LogP contribution in [0.2, 0.25) is 0 Å². The van der Waals surface area contributed by atoms with Gasteiger partial charge >= 0.3 is 0 Å². The topological polar surface area (TPSA) is 49.4 Å². The number of rotatable bonds is 4. The molecule has 3 rings (SSSR count). The summed E-state index contributed by atoms with van der Waals surface area (Å²) in [5.74, 6) is -0.284. The highest BCUT2D eigenvalue weighted by atomic mass is 32.2. The van der Waals surface area contributed by atoms with Crippen LogP contribution in [0.4, 0.5) is 10.1 Å². The molecule has 1 aliphatic rings. The van der Waals surface area contributed by atoms with E-state index in [0.717, 1.165) is 24.1 Å². The maximum absolute atomic E-state index is 13.0. The average molecular weight is 348 g/mol. The Bertz CT molecular complexity index is 789. The third-order valence-electron chi connectivity index (χ3n) is 4.26. The second kappa shape index (κ2) is 6.91. The van der Waals surface area contributed by atoms with E-state index in [9.17, 15) is 12.8 Å². The summed E-state index contributed by atoms with van der Waals surface area (Å²) in [5.41, 5.74) is 1.83. The number of hydrogen-bond donors (Lipinski definition) is 1. The predicted molar refractivity (Wildman–Crippen MR) is 93.0 cm³/mol. The number of halogens is 1. The first-order valence-corrected chi connectivity index (χ1v) is 9.48. The lowest BCUT2D eigenvalue weighted by Gasteiger charge is -2.33. The van der Waals surface area contributed by atoms with Crippen molar-refractivity contribution in [2.24, 2.45) is 0 Å². The number of anilines is 1. The van der Waals surface area contributed by atoms with Crippen LogP contribution in [0.3, 0.4) is 0 Å². The van der Waals surface area contributed by atoms with Gasteiger partial charge in [0.25, 0.3) is 0 Å². The van der Waals surface area contributed by atoms with Crippen LogP contribution in [-0.2, 0) is 10.0 Å². The number of piperidine rings is 1. The molecule has 0 saturated carbocycles. The Morgan fingerprint density at radius 1 is 1.08 bits per heavy atom. The third-order valence-corrected chi connectivity index (χ3v) is 6.14. The first-order chi connectivity index (χ1) is 11.4. The van der Waals surface area contributed by atoms with Crippen LogP contribution in [0.5, 0.6) is 0 Å². The van der Waals surface area contributed by atoms with Gasteiger partial charge in [0, 0.05) is 24.8 Å². The molecule has 0 aromatic heterocycles. The van der Waals surface area contributed by atoms with E-state index in [4.69, 9.17) is 0 Å². The summed E-state index contributed by atoms with van der Waals surface area (Å²) >= 11 is 0. The lowest BCUT2D eigenvalue weighted by Crippen LogP contribution is -2.45. The molecule has 1 atom stereocenters. The molecule has 24 heavy (non-hydrogen) atoms. The highest BCUT2D eigenvalue weighted by Gasteiger charge is 2.30. The fourth-order valence-electron chi connectivity index (χ4n) is 2.92. The summed E-state index contributed by atoms with van der Waals surface area (Å²) in [6, 6.07) is 13.1. The van der Waals surface area contributed by atoms with E-state index < -0.39 is 10.0 Å². The predicted octanol–water partition coefficient (Wildman–Crippen LogP) is 3.40. The van der Waals surface area contributed by atoms with Crippen LogP contribution in [0.25, 0.3) is 0 Å². The molecule has 2 aromatic carbocycles. The zero-order valence-electron chi connectivity index (χ0n) is 13.6. The minimum absolute atomic E-state index is 0.0180. The largest absolute Gasteiger partial charge is 0.381 e. The molecule has 0 bridgehead atoms. The molecule has 0 aliphatic carbocycles. The van der Waals surface area contributed by atoms with E-state index in [1.165, 1.54) is 16.4 Å². The maximum atomic E-state index is 13.0. The quantitative estimate of drug-likeness (QED) is 0.921. The van der Waals surface area contributed by atoms with Gasteiger partial charge in [-0.25, -0.2) is 12.8 Å². The van der Waals surface area contributed by atoms with Gasteiger partial charge in [-0.05, 0) is 56.2 Å². The Morgan fingerprint density at radius 3 is 2.42 bits per heavy atom.